The highest BCUT2D eigenvalue weighted by Gasteiger charge is 2.52. The number of nitriles is 1. The predicted molar refractivity (Wildman–Crippen MR) is 82.7 cm³/mol. The van der Waals surface area contributed by atoms with Crippen molar-refractivity contribution >= 4 is 12.6 Å². The summed E-state index contributed by atoms with van der Waals surface area (Å²) in [5.74, 6) is 0.729. The van der Waals surface area contributed by atoms with Gasteiger partial charge in [0.1, 0.15) is 5.75 Å². The molecule has 0 spiro atoms. The van der Waals surface area contributed by atoms with E-state index in [-0.39, 0.29) is 0 Å². The van der Waals surface area contributed by atoms with Crippen LogP contribution in [0.15, 0.2) is 30.3 Å². The molecule has 1 aromatic rings. The van der Waals surface area contributed by atoms with E-state index in [0.717, 1.165) is 11.3 Å². The largest absolute Gasteiger partial charge is 0.497 e. The molecule has 1 heterocycles. The first-order chi connectivity index (χ1) is 9.80. The molecule has 21 heavy (non-hydrogen) atoms. The Morgan fingerprint density at radius 2 is 1.86 bits per heavy atom. The van der Waals surface area contributed by atoms with Crippen LogP contribution in [0.5, 0.6) is 5.75 Å². The van der Waals surface area contributed by atoms with E-state index in [1.165, 1.54) is 6.08 Å². The maximum atomic E-state index is 9.08. The van der Waals surface area contributed by atoms with Crippen LogP contribution in [-0.2, 0) is 9.31 Å². The molecule has 0 atom stereocenters. The minimum absolute atomic E-state index is 0.439. The average Bonchev–Trinajstić information content (AvgIpc) is 2.64. The normalized spacial score (nSPS) is 20.2. The molecule has 5 heteroatoms. The summed E-state index contributed by atoms with van der Waals surface area (Å²) in [6, 6.07) is 9.59. The molecule has 1 aliphatic rings. The first kappa shape index (κ1) is 15.6. The summed E-state index contributed by atoms with van der Waals surface area (Å²) < 4.78 is 17.3. The smallest absolute Gasteiger partial charge is 0.496 e. The fourth-order valence-corrected chi connectivity index (χ4v) is 2.13. The second-order valence-electron chi connectivity index (χ2n) is 6.05. The monoisotopic (exact) mass is 285 g/mol. The second-order valence-corrected chi connectivity index (χ2v) is 6.05. The topological polar surface area (TPSA) is 51.5 Å². The number of ether oxygens (including phenoxy) is 1. The first-order valence-electron chi connectivity index (χ1n) is 6.90. The molecular formula is C16H20BNO3. The predicted octanol–water partition coefficient (Wildman–Crippen LogP) is 3.23. The average molecular weight is 285 g/mol. The third-order valence-corrected chi connectivity index (χ3v) is 4.13. The van der Waals surface area contributed by atoms with Crippen LogP contribution in [0.1, 0.15) is 33.3 Å². The van der Waals surface area contributed by atoms with Crippen molar-refractivity contribution in [2.45, 2.75) is 38.9 Å². The van der Waals surface area contributed by atoms with E-state index in [1.54, 1.807) is 7.11 Å². The Morgan fingerprint density at radius 1 is 1.24 bits per heavy atom. The fraction of sp³-hybridized carbons (Fsp3) is 0.438. The summed E-state index contributed by atoms with van der Waals surface area (Å²) in [5.41, 5.74) is 0.681. The lowest BCUT2D eigenvalue weighted by molar-refractivity contribution is 0.00578. The zero-order chi connectivity index (χ0) is 15.7. The Balaban J connectivity index is 2.38. The molecule has 1 fully saturated rings. The van der Waals surface area contributed by atoms with Gasteiger partial charge in [0.05, 0.1) is 24.4 Å². The molecule has 0 aromatic heterocycles. The van der Waals surface area contributed by atoms with Gasteiger partial charge in [-0.05, 0) is 45.4 Å². The third-order valence-electron chi connectivity index (χ3n) is 4.13. The Hall–Kier alpha value is -1.77. The maximum Gasteiger partial charge on any atom is 0.496 e. The minimum Gasteiger partial charge on any atom is -0.497 e. The van der Waals surface area contributed by atoms with Crippen molar-refractivity contribution in [3.63, 3.8) is 0 Å². The molecule has 1 aromatic carbocycles. The van der Waals surface area contributed by atoms with E-state index < -0.39 is 18.3 Å². The van der Waals surface area contributed by atoms with E-state index in [1.807, 2.05) is 52.0 Å². The van der Waals surface area contributed by atoms with Crippen LogP contribution in [0.25, 0.3) is 5.47 Å². The van der Waals surface area contributed by atoms with Crippen molar-refractivity contribution in [2.24, 2.45) is 0 Å². The number of hydrogen-bond acceptors (Lipinski definition) is 4. The van der Waals surface area contributed by atoms with Gasteiger partial charge in [0.25, 0.3) is 0 Å². The van der Waals surface area contributed by atoms with Crippen molar-refractivity contribution in [3.8, 4) is 11.8 Å². The van der Waals surface area contributed by atoms with Gasteiger partial charge in [0.15, 0.2) is 0 Å². The number of nitrogens with zero attached hydrogens (tertiary/aromatic N) is 1. The van der Waals surface area contributed by atoms with Crippen LogP contribution in [-0.4, -0.2) is 25.4 Å². The number of rotatable bonds is 3. The maximum absolute atomic E-state index is 9.08. The first-order valence-corrected chi connectivity index (χ1v) is 6.90. The number of hydrogen-bond donors (Lipinski definition) is 0. The van der Waals surface area contributed by atoms with Crippen LogP contribution in [0.3, 0.4) is 0 Å². The summed E-state index contributed by atoms with van der Waals surface area (Å²) in [4.78, 5) is 0. The van der Waals surface area contributed by atoms with Gasteiger partial charge in [-0.25, -0.2) is 0 Å². The lowest BCUT2D eigenvalue weighted by atomic mass is 9.74. The Kier molecular flexibility index (Phi) is 4.13. The molecule has 0 bridgehead atoms. The van der Waals surface area contributed by atoms with Gasteiger partial charge in [0, 0.05) is 11.5 Å². The lowest BCUT2D eigenvalue weighted by Crippen LogP contribution is -2.41. The van der Waals surface area contributed by atoms with Crippen molar-refractivity contribution < 1.29 is 14.0 Å². The van der Waals surface area contributed by atoms with Gasteiger partial charge in [-0.1, -0.05) is 12.1 Å². The summed E-state index contributed by atoms with van der Waals surface area (Å²) in [6.07, 6.45) is 1.47. The third kappa shape index (κ3) is 2.97. The highest BCUT2D eigenvalue weighted by molar-refractivity contribution is 6.69. The van der Waals surface area contributed by atoms with Gasteiger partial charge in [-0.2, -0.15) is 5.26 Å². The van der Waals surface area contributed by atoms with Crippen LogP contribution < -0.4 is 4.74 Å². The van der Waals surface area contributed by atoms with Gasteiger partial charge in [-0.3, -0.25) is 0 Å². The summed E-state index contributed by atoms with van der Waals surface area (Å²) in [6.45, 7) is 7.95. The van der Waals surface area contributed by atoms with Gasteiger partial charge in [-0.15, -0.1) is 0 Å². The van der Waals surface area contributed by atoms with E-state index in [2.05, 4.69) is 6.07 Å². The zero-order valence-electron chi connectivity index (χ0n) is 13.1. The molecule has 1 aliphatic heterocycles. The molecule has 0 amide bonds. The number of methoxy groups -OCH3 is 1. The van der Waals surface area contributed by atoms with Crippen molar-refractivity contribution in [3.05, 3.63) is 35.9 Å². The SMILES string of the molecule is COc1cccc(/C(=C/C#N)B2OC(C)(C)C(C)(C)O2)c1. The molecule has 2 rings (SSSR count). The second kappa shape index (κ2) is 5.55. The standard InChI is InChI=1S/C16H20BNO3/c1-15(2)16(3,4)21-17(20-15)14(9-10-18)12-7-6-8-13(11-12)19-5/h6-9,11H,1-5H3/b14-9-. The number of allylic oxidation sites excluding steroid dienone is 1. The van der Waals surface area contributed by atoms with Crippen LogP contribution in [0, 0.1) is 11.3 Å². The molecule has 110 valence electrons. The quantitative estimate of drug-likeness (QED) is 0.632. The van der Waals surface area contributed by atoms with E-state index in [4.69, 9.17) is 19.3 Å². The zero-order valence-corrected chi connectivity index (χ0v) is 13.1. The van der Waals surface area contributed by atoms with Crippen molar-refractivity contribution in [1.29, 1.82) is 5.26 Å². The molecule has 0 unspecified atom stereocenters. The Bertz CT molecular complexity index is 586. The molecule has 0 radical (unpaired) electrons. The van der Waals surface area contributed by atoms with E-state index >= 15 is 0 Å². The molecule has 1 saturated heterocycles. The summed E-state index contributed by atoms with van der Waals surface area (Å²) >= 11 is 0. The summed E-state index contributed by atoms with van der Waals surface area (Å²) in [5, 5.41) is 9.08. The fourth-order valence-electron chi connectivity index (χ4n) is 2.13. The molecule has 0 saturated carbocycles. The molecule has 4 nitrogen and oxygen atoms in total. The van der Waals surface area contributed by atoms with Crippen molar-refractivity contribution in [1.82, 2.24) is 0 Å². The Labute approximate surface area is 126 Å². The minimum atomic E-state index is -0.568. The number of benzene rings is 1. The van der Waals surface area contributed by atoms with Crippen LogP contribution in [0.4, 0.5) is 0 Å². The summed E-state index contributed by atoms with van der Waals surface area (Å²) in [7, 11) is 1.04. The molecule has 0 N–H and O–H groups in total. The highest BCUT2D eigenvalue weighted by atomic mass is 16.7. The van der Waals surface area contributed by atoms with Gasteiger partial charge in [0.2, 0.25) is 0 Å². The lowest BCUT2D eigenvalue weighted by Gasteiger charge is -2.32. The highest BCUT2D eigenvalue weighted by Crippen LogP contribution is 2.40. The van der Waals surface area contributed by atoms with E-state index in [0.29, 0.717) is 5.47 Å². The van der Waals surface area contributed by atoms with Gasteiger partial charge < -0.3 is 14.0 Å². The van der Waals surface area contributed by atoms with Gasteiger partial charge >= 0.3 is 7.12 Å². The van der Waals surface area contributed by atoms with E-state index in [9.17, 15) is 0 Å². The van der Waals surface area contributed by atoms with Crippen LogP contribution >= 0.6 is 0 Å². The Morgan fingerprint density at radius 3 is 2.38 bits per heavy atom. The van der Waals surface area contributed by atoms with Crippen LogP contribution in [0.2, 0.25) is 0 Å². The molecular weight excluding hydrogens is 265 g/mol. The van der Waals surface area contributed by atoms with Crippen molar-refractivity contribution in [2.75, 3.05) is 7.11 Å². The molecule has 0 aliphatic carbocycles.